The zero-order valence-corrected chi connectivity index (χ0v) is 11.7. The second-order valence-corrected chi connectivity index (χ2v) is 5.11. The van der Waals surface area contributed by atoms with E-state index in [0.29, 0.717) is 22.0 Å². The Kier molecular flexibility index (Phi) is 3.57. The van der Waals surface area contributed by atoms with Crippen LogP contribution in [0.5, 0.6) is 0 Å². The summed E-state index contributed by atoms with van der Waals surface area (Å²) in [7, 11) is 0. The van der Waals surface area contributed by atoms with Crippen LogP contribution in [0.3, 0.4) is 0 Å². The van der Waals surface area contributed by atoms with Gasteiger partial charge < -0.3 is 4.98 Å². The van der Waals surface area contributed by atoms with E-state index in [1.807, 2.05) is 6.07 Å². The van der Waals surface area contributed by atoms with Gasteiger partial charge in [-0.2, -0.15) is 18.4 Å². The maximum Gasteiger partial charge on any atom is 0.416 e. The van der Waals surface area contributed by atoms with Gasteiger partial charge in [0.05, 0.1) is 18.1 Å². The summed E-state index contributed by atoms with van der Waals surface area (Å²) < 4.78 is 52.7. The Labute approximate surface area is 129 Å². The molecule has 1 aromatic heterocycles. The molecule has 23 heavy (non-hydrogen) atoms. The van der Waals surface area contributed by atoms with E-state index in [1.54, 1.807) is 6.07 Å². The fraction of sp³-hybridized carbons (Fsp3) is 0.118. The standard InChI is InChI=1S/C17H10F4N2/c18-14-7-12(8-15-16(14)11(4-5-22)9-23-15)10-2-1-3-13(6-10)17(19,20)21/h1-3,6-9,23H,4H2. The van der Waals surface area contributed by atoms with E-state index < -0.39 is 17.6 Å². The number of halogens is 4. The van der Waals surface area contributed by atoms with Crippen molar-refractivity contribution in [2.45, 2.75) is 12.6 Å². The van der Waals surface area contributed by atoms with Gasteiger partial charge >= 0.3 is 6.18 Å². The van der Waals surface area contributed by atoms with E-state index in [0.717, 1.165) is 12.1 Å². The molecular formula is C17H10F4N2. The molecule has 116 valence electrons. The van der Waals surface area contributed by atoms with Crippen LogP contribution in [0.15, 0.2) is 42.6 Å². The zero-order valence-electron chi connectivity index (χ0n) is 11.7. The van der Waals surface area contributed by atoms with Gasteiger partial charge in [0.2, 0.25) is 0 Å². The van der Waals surface area contributed by atoms with Crippen molar-refractivity contribution in [1.82, 2.24) is 4.98 Å². The topological polar surface area (TPSA) is 39.6 Å². The Morgan fingerprint density at radius 1 is 1.09 bits per heavy atom. The third kappa shape index (κ3) is 2.78. The van der Waals surface area contributed by atoms with Crippen molar-refractivity contribution in [2.24, 2.45) is 0 Å². The van der Waals surface area contributed by atoms with Crippen LogP contribution < -0.4 is 0 Å². The Morgan fingerprint density at radius 2 is 1.87 bits per heavy atom. The molecule has 0 amide bonds. The Hall–Kier alpha value is -2.81. The van der Waals surface area contributed by atoms with Crippen LogP contribution in [0, 0.1) is 17.1 Å². The summed E-state index contributed by atoms with van der Waals surface area (Å²) in [5, 5.41) is 9.03. The van der Waals surface area contributed by atoms with Crippen LogP contribution in [-0.2, 0) is 12.6 Å². The molecule has 1 heterocycles. The lowest BCUT2D eigenvalue weighted by Gasteiger charge is -2.09. The molecule has 0 aliphatic carbocycles. The molecule has 2 nitrogen and oxygen atoms in total. The Morgan fingerprint density at radius 3 is 2.57 bits per heavy atom. The maximum atomic E-state index is 14.3. The summed E-state index contributed by atoms with van der Waals surface area (Å²) in [4.78, 5) is 2.86. The first kappa shape index (κ1) is 15.1. The summed E-state index contributed by atoms with van der Waals surface area (Å²) in [6.45, 7) is 0. The molecule has 0 fully saturated rings. The van der Waals surface area contributed by atoms with Crippen molar-refractivity contribution < 1.29 is 17.6 Å². The Bertz CT molecular complexity index is 916. The van der Waals surface area contributed by atoms with Gasteiger partial charge in [-0.25, -0.2) is 4.39 Å². The number of H-pyrrole nitrogens is 1. The van der Waals surface area contributed by atoms with Crippen molar-refractivity contribution in [1.29, 1.82) is 5.26 Å². The molecule has 0 aliphatic heterocycles. The van der Waals surface area contributed by atoms with E-state index in [9.17, 15) is 17.6 Å². The number of nitrogens with one attached hydrogen (secondary N) is 1. The monoisotopic (exact) mass is 318 g/mol. The number of rotatable bonds is 2. The third-order valence-corrected chi connectivity index (χ3v) is 3.61. The molecule has 0 bridgehead atoms. The summed E-state index contributed by atoms with van der Waals surface area (Å²) in [6, 6.07) is 9.45. The predicted molar refractivity (Wildman–Crippen MR) is 78.0 cm³/mol. The molecule has 0 saturated carbocycles. The van der Waals surface area contributed by atoms with Crippen molar-refractivity contribution in [3.05, 3.63) is 59.5 Å². The average molecular weight is 318 g/mol. The molecule has 0 radical (unpaired) electrons. The minimum absolute atomic E-state index is 0.0554. The van der Waals surface area contributed by atoms with Crippen molar-refractivity contribution in [3.63, 3.8) is 0 Å². The number of benzene rings is 2. The molecule has 6 heteroatoms. The highest BCUT2D eigenvalue weighted by molar-refractivity contribution is 5.88. The molecule has 2 aromatic carbocycles. The lowest BCUT2D eigenvalue weighted by atomic mass is 10.0. The molecular weight excluding hydrogens is 308 g/mol. The van der Waals surface area contributed by atoms with Crippen molar-refractivity contribution in [3.8, 4) is 17.2 Å². The second kappa shape index (κ2) is 5.43. The first-order valence-corrected chi connectivity index (χ1v) is 6.74. The maximum absolute atomic E-state index is 14.3. The van der Waals surface area contributed by atoms with Crippen molar-refractivity contribution in [2.75, 3.05) is 0 Å². The lowest BCUT2D eigenvalue weighted by molar-refractivity contribution is -0.137. The normalized spacial score (nSPS) is 11.6. The van der Waals surface area contributed by atoms with Crippen LogP contribution in [0.4, 0.5) is 17.6 Å². The van der Waals surface area contributed by atoms with Gasteiger partial charge in [-0.1, -0.05) is 12.1 Å². The molecule has 0 unspecified atom stereocenters. The Balaban J connectivity index is 2.13. The summed E-state index contributed by atoms with van der Waals surface area (Å²) >= 11 is 0. The van der Waals surface area contributed by atoms with Gasteiger partial charge in [-0.05, 0) is 41.0 Å². The minimum Gasteiger partial charge on any atom is -0.361 e. The lowest BCUT2D eigenvalue weighted by Crippen LogP contribution is -2.04. The first-order chi connectivity index (χ1) is 10.9. The largest absolute Gasteiger partial charge is 0.416 e. The van der Waals surface area contributed by atoms with E-state index in [-0.39, 0.29) is 12.0 Å². The molecule has 3 aromatic rings. The minimum atomic E-state index is -4.45. The van der Waals surface area contributed by atoms with E-state index in [4.69, 9.17) is 5.26 Å². The predicted octanol–water partition coefficient (Wildman–Crippen LogP) is 5.06. The number of nitrogens with zero attached hydrogens (tertiary/aromatic N) is 1. The number of nitriles is 1. The molecule has 3 rings (SSSR count). The van der Waals surface area contributed by atoms with Crippen LogP contribution in [0.2, 0.25) is 0 Å². The average Bonchev–Trinajstić information content (AvgIpc) is 2.90. The highest BCUT2D eigenvalue weighted by Crippen LogP contribution is 2.34. The highest BCUT2D eigenvalue weighted by atomic mass is 19.4. The summed E-state index contributed by atoms with van der Waals surface area (Å²) in [6.07, 6.45) is -2.86. The molecule has 0 saturated heterocycles. The van der Waals surface area contributed by atoms with Gasteiger partial charge in [0.15, 0.2) is 0 Å². The van der Waals surface area contributed by atoms with Gasteiger partial charge in [-0.15, -0.1) is 0 Å². The van der Waals surface area contributed by atoms with Gasteiger partial charge in [-0.3, -0.25) is 0 Å². The van der Waals surface area contributed by atoms with Crippen LogP contribution in [0.1, 0.15) is 11.1 Å². The van der Waals surface area contributed by atoms with Gasteiger partial charge in [0.25, 0.3) is 0 Å². The number of aromatic nitrogens is 1. The number of alkyl halides is 3. The summed E-state index contributed by atoms with van der Waals surface area (Å²) in [5.41, 5.74) is 0.800. The van der Waals surface area contributed by atoms with E-state index in [2.05, 4.69) is 4.98 Å². The fourth-order valence-electron chi connectivity index (χ4n) is 2.55. The molecule has 0 atom stereocenters. The number of aromatic amines is 1. The van der Waals surface area contributed by atoms with Gasteiger partial charge in [0, 0.05) is 17.1 Å². The summed E-state index contributed by atoms with van der Waals surface area (Å²) in [5.74, 6) is -0.568. The van der Waals surface area contributed by atoms with Crippen LogP contribution in [0.25, 0.3) is 22.0 Å². The third-order valence-electron chi connectivity index (χ3n) is 3.61. The first-order valence-electron chi connectivity index (χ1n) is 6.74. The van der Waals surface area contributed by atoms with E-state index >= 15 is 0 Å². The van der Waals surface area contributed by atoms with Crippen LogP contribution >= 0.6 is 0 Å². The number of fused-ring (bicyclic) bond motifs is 1. The van der Waals surface area contributed by atoms with E-state index in [1.165, 1.54) is 24.4 Å². The SMILES string of the molecule is N#CCc1c[nH]c2cc(-c3cccc(C(F)(F)F)c3)cc(F)c12. The molecule has 1 N–H and O–H groups in total. The van der Waals surface area contributed by atoms with Gasteiger partial charge in [0.1, 0.15) is 5.82 Å². The zero-order chi connectivity index (χ0) is 16.6. The highest BCUT2D eigenvalue weighted by Gasteiger charge is 2.30. The smallest absolute Gasteiger partial charge is 0.361 e. The van der Waals surface area contributed by atoms with Crippen molar-refractivity contribution >= 4 is 10.9 Å². The fourth-order valence-corrected chi connectivity index (χ4v) is 2.55. The number of hydrogen-bond donors (Lipinski definition) is 1. The van der Waals surface area contributed by atoms with Crippen LogP contribution in [-0.4, -0.2) is 4.98 Å². The number of hydrogen-bond acceptors (Lipinski definition) is 1. The molecule has 0 aliphatic rings. The second-order valence-electron chi connectivity index (χ2n) is 5.11. The quantitative estimate of drug-likeness (QED) is 0.659. The molecule has 0 spiro atoms.